The molecule has 0 bridgehead atoms. The Labute approximate surface area is 153 Å². The summed E-state index contributed by atoms with van der Waals surface area (Å²) in [6.45, 7) is 2.48. The minimum Gasteiger partial charge on any atom is -0.550 e. The number of aliphatic carboxylic acids is 1. The summed E-state index contributed by atoms with van der Waals surface area (Å²) in [6.07, 6.45) is 15.2. The largest absolute Gasteiger partial charge is 0.550 e. The number of aliphatic hydroxyl groups excluding tert-OH is 1. The molecule has 5 nitrogen and oxygen atoms in total. The maximum Gasteiger partial charge on any atom is 0.335 e. The highest BCUT2D eigenvalue weighted by atomic mass is 16.5. The van der Waals surface area contributed by atoms with Crippen molar-refractivity contribution in [3.05, 3.63) is 0 Å². The fourth-order valence-electron chi connectivity index (χ4n) is 2.81. The minimum absolute atomic E-state index is 0.237. The van der Waals surface area contributed by atoms with E-state index < -0.39 is 24.5 Å². The molecule has 0 aliphatic heterocycles. The van der Waals surface area contributed by atoms with Crippen LogP contribution in [0.5, 0.6) is 0 Å². The zero-order valence-electron chi connectivity index (χ0n) is 16.0. The number of carboxylic acid groups (broad SMARTS) is 1. The van der Waals surface area contributed by atoms with E-state index in [9.17, 15) is 19.8 Å². The van der Waals surface area contributed by atoms with Gasteiger partial charge in [-0.05, 0) is 6.42 Å². The van der Waals surface area contributed by atoms with Crippen LogP contribution < -0.4 is 5.11 Å². The van der Waals surface area contributed by atoms with Crippen molar-refractivity contribution in [2.24, 2.45) is 0 Å². The van der Waals surface area contributed by atoms with Crippen molar-refractivity contribution in [1.29, 1.82) is 0 Å². The summed E-state index contributed by atoms with van der Waals surface area (Å²) in [5, 5.41) is 19.5. The zero-order valence-corrected chi connectivity index (χ0v) is 16.0. The van der Waals surface area contributed by atoms with Gasteiger partial charge in [-0.1, -0.05) is 90.4 Å². The summed E-state index contributed by atoms with van der Waals surface area (Å²) in [6, 6.07) is 0. The van der Waals surface area contributed by atoms with Crippen LogP contribution in [0.2, 0.25) is 0 Å². The van der Waals surface area contributed by atoms with Crippen molar-refractivity contribution in [3.63, 3.8) is 0 Å². The fraction of sp³-hybridized carbons (Fsp3) is 0.900. The second kappa shape index (κ2) is 17.7. The molecule has 1 unspecified atom stereocenters. The first-order valence-electron chi connectivity index (χ1n) is 10.1. The zero-order chi connectivity index (χ0) is 18.8. The molecule has 0 radical (unpaired) electrons. The van der Waals surface area contributed by atoms with Crippen LogP contribution in [0.25, 0.3) is 0 Å². The van der Waals surface area contributed by atoms with Crippen molar-refractivity contribution in [2.75, 3.05) is 6.61 Å². The van der Waals surface area contributed by atoms with Crippen LogP contribution >= 0.6 is 0 Å². The van der Waals surface area contributed by atoms with Crippen LogP contribution in [0.15, 0.2) is 0 Å². The molecule has 0 saturated carbocycles. The predicted octanol–water partition coefficient (Wildman–Crippen LogP) is 3.51. The molecule has 0 spiro atoms. The molecule has 5 heteroatoms. The topological polar surface area (TPSA) is 86.7 Å². The smallest absolute Gasteiger partial charge is 0.335 e. The van der Waals surface area contributed by atoms with Gasteiger partial charge in [-0.2, -0.15) is 0 Å². The Balaban J connectivity index is 3.21. The Hall–Kier alpha value is -1.10. The number of rotatable bonds is 18. The monoisotopic (exact) mass is 357 g/mol. The Morgan fingerprint density at radius 3 is 1.60 bits per heavy atom. The first kappa shape index (κ1) is 23.9. The molecule has 1 atom stereocenters. The van der Waals surface area contributed by atoms with Crippen LogP contribution in [0.1, 0.15) is 103 Å². The second-order valence-corrected chi connectivity index (χ2v) is 6.86. The van der Waals surface area contributed by atoms with Gasteiger partial charge in [-0.15, -0.1) is 0 Å². The van der Waals surface area contributed by atoms with Crippen molar-refractivity contribution >= 4 is 11.9 Å². The maximum absolute atomic E-state index is 11.2. The van der Waals surface area contributed by atoms with Gasteiger partial charge < -0.3 is 19.7 Å². The summed E-state index contributed by atoms with van der Waals surface area (Å²) < 4.78 is 4.83. The average Bonchev–Trinajstić information content (AvgIpc) is 2.57. The van der Waals surface area contributed by atoms with Crippen molar-refractivity contribution in [1.82, 2.24) is 0 Å². The predicted molar refractivity (Wildman–Crippen MR) is 96.9 cm³/mol. The van der Waals surface area contributed by atoms with Crippen LogP contribution in [-0.4, -0.2) is 29.8 Å². The lowest BCUT2D eigenvalue weighted by atomic mass is 10.0. The molecule has 0 heterocycles. The fourth-order valence-corrected chi connectivity index (χ4v) is 2.81. The number of aliphatic hydroxyl groups is 1. The standard InChI is InChI=1S/C20H38O5/c1-2-3-4-5-6-7-8-9-10-11-12-13-14-15-16-25-20(24)18(21)17-19(22)23/h18,21H,2-17H2,1H3,(H,22,23)/p-1. The van der Waals surface area contributed by atoms with Gasteiger partial charge in [0.2, 0.25) is 0 Å². The van der Waals surface area contributed by atoms with E-state index in [0.29, 0.717) is 0 Å². The molecule has 0 aliphatic rings. The third-order valence-electron chi connectivity index (χ3n) is 4.37. The number of carbonyl (C=O) groups excluding carboxylic acids is 2. The van der Waals surface area contributed by atoms with Crippen molar-refractivity contribution in [3.8, 4) is 0 Å². The molecule has 0 aromatic carbocycles. The number of esters is 1. The van der Waals surface area contributed by atoms with E-state index in [2.05, 4.69) is 6.92 Å². The maximum atomic E-state index is 11.2. The van der Waals surface area contributed by atoms with E-state index in [4.69, 9.17) is 4.74 Å². The van der Waals surface area contributed by atoms with Crippen LogP contribution in [0.3, 0.4) is 0 Å². The molecule has 0 fully saturated rings. The van der Waals surface area contributed by atoms with Gasteiger partial charge in [0.15, 0.2) is 6.10 Å². The third-order valence-corrected chi connectivity index (χ3v) is 4.37. The van der Waals surface area contributed by atoms with Crippen molar-refractivity contribution < 1.29 is 24.5 Å². The van der Waals surface area contributed by atoms with Gasteiger partial charge in [0.25, 0.3) is 0 Å². The number of carboxylic acids is 1. The van der Waals surface area contributed by atoms with Gasteiger partial charge in [0.1, 0.15) is 0 Å². The SMILES string of the molecule is CCCCCCCCCCCCCCCCOC(=O)C(O)CC(=O)[O-]. The molecule has 0 saturated heterocycles. The highest BCUT2D eigenvalue weighted by Crippen LogP contribution is 2.13. The summed E-state index contributed by atoms with van der Waals surface area (Å²) in [4.78, 5) is 21.5. The normalized spacial score (nSPS) is 12.1. The molecule has 0 rings (SSSR count). The Morgan fingerprint density at radius 2 is 1.20 bits per heavy atom. The van der Waals surface area contributed by atoms with Crippen molar-refractivity contribution in [2.45, 2.75) is 109 Å². The molecular formula is C20H37O5-. The summed E-state index contributed by atoms with van der Waals surface area (Å²) in [5.41, 5.74) is 0. The first-order valence-corrected chi connectivity index (χ1v) is 10.1. The van der Waals surface area contributed by atoms with Gasteiger partial charge in [-0.25, -0.2) is 4.79 Å². The van der Waals surface area contributed by atoms with Gasteiger partial charge in [0, 0.05) is 12.4 Å². The highest BCUT2D eigenvalue weighted by molar-refractivity contribution is 5.79. The minimum atomic E-state index is -1.61. The van der Waals surface area contributed by atoms with E-state index in [0.717, 1.165) is 19.3 Å². The third kappa shape index (κ3) is 17.5. The van der Waals surface area contributed by atoms with Gasteiger partial charge in [0.05, 0.1) is 6.61 Å². The van der Waals surface area contributed by atoms with Gasteiger partial charge >= 0.3 is 5.97 Å². The number of hydrogen-bond donors (Lipinski definition) is 1. The lowest BCUT2D eigenvalue weighted by Crippen LogP contribution is -2.32. The summed E-state index contributed by atoms with van der Waals surface area (Å²) in [7, 11) is 0. The first-order chi connectivity index (χ1) is 12.1. The molecular weight excluding hydrogens is 320 g/mol. The molecule has 0 amide bonds. The quantitative estimate of drug-likeness (QED) is 0.300. The molecule has 148 valence electrons. The molecule has 25 heavy (non-hydrogen) atoms. The van der Waals surface area contributed by atoms with E-state index >= 15 is 0 Å². The van der Waals surface area contributed by atoms with Gasteiger partial charge in [-0.3, -0.25) is 0 Å². The van der Waals surface area contributed by atoms with E-state index in [1.807, 2.05) is 0 Å². The Morgan fingerprint density at radius 1 is 0.800 bits per heavy atom. The van der Waals surface area contributed by atoms with E-state index in [1.165, 1.54) is 70.6 Å². The average molecular weight is 358 g/mol. The Bertz CT molecular complexity index is 330. The molecule has 0 aromatic heterocycles. The molecule has 0 aromatic rings. The lowest BCUT2D eigenvalue weighted by molar-refractivity contribution is -0.307. The number of carbonyl (C=O) groups is 2. The van der Waals surface area contributed by atoms with Crippen LogP contribution in [0, 0.1) is 0 Å². The van der Waals surface area contributed by atoms with Crippen LogP contribution in [-0.2, 0) is 14.3 Å². The van der Waals surface area contributed by atoms with E-state index in [-0.39, 0.29) is 6.61 Å². The summed E-state index contributed by atoms with van der Waals surface area (Å²) >= 11 is 0. The van der Waals surface area contributed by atoms with Crippen LogP contribution in [0.4, 0.5) is 0 Å². The number of hydrogen-bond acceptors (Lipinski definition) is 5. The highest BCUT2D eigenvalue weighted by Gasteiger charge is 2.16. The second-order valence-electron chi connectivity index (χ2n) is 6.86. The van der Waals surface area contributed by atoms with E-state index in [1.54, 1.807) is 0 Å². The molecule has 0 aliphatic carbocycles. The lowest BCUT2D eigenvalue weighted by Gasteiger charge is -2.10. The number of unbranched alkanes of at least 4 members (excludes halogenated alkanes) is 13. The Kier molecular flexibility index (Phi) is 16.9. The summed E-state index contributed by atoms with van der Waals surface area (Å²) in [5.74, 6) is -2.33. The molecule has 1 N–H and O–H groups in total. The number of ether oxygens (including phenoxy) is 1.